The highest BCUT2D eigenvalue weighted by Crippen LogP contribution is 2.40. The van der Waals surface area contributed by atoms with Crippen LogP contribution in [0.3, 0.4) is 0 Å². The van der Waals surface area contributed by atoms with Crippen LogP contribution in [0, 0.1) is 0 Å². The fourth-order valence-corrected chi connectivity index (χ4v) is 4.59. The lowest BCUT2D eigenvalue weighted by atomic mass is 9.96. The van der Waals surface area contributed by atoms with Gasteiger partial charge in [0.05, 0.1) is 25.3 Å². The van der Waals surface area contributed by atoms with Crippen LogP contribution in [0.25, 0.3) is 11.1 Å². The molecule has 0 radical (unpaired) electrons. The summed E-state index contributed by atoms with van der Waals surface area (Å²) < 4.78 is 21.8. The van der Waals surface area contributed by atoms with Crippen LogP contribution in [0.2, 0.25) is 0 Å². The second-order valence-electron chi connectivity index (χ2n) is 8.68. The third-order valence-electron chi connectivity index (χ3n) is 6.52. The molecule has 6 heteroatoms. The maximum Gasteiger partial charge on any atom is 0.338 e. The summed E-state index contributed by atoms with van der Waals surface area (Å²) >= 11 is 0. The van der Waals surface area contributed by atoms with Crippen LogP contribution in [0.4, 0.5) is 0 Å². The summed E-state index contributed by atoms with van der Waals surface area (Å²) in [5.74, 6) is 0.249. The molecular formula is C31H26O6. The van der Waals surface area contributed by atoms with Gasteiger partial charge in [0.2, 0.25) is 0 Å². The second kappa shape index (κ2) is 10.6. The smallest absolute Gasteiger partial charge is 0.338 e. The molecular weight excluding hydrogens is 468 g/mol. The first-order chi connectivity index (χ1) is 18.1. The quantitative estimate of drug-likeness (QED) is 0.247. The number of esters is 2. The number of ether oxygens (including phenoxy) is 4. The van der Waals surface area contributed by atoms with Crippen molar-refractivity contribution in [1.82, 2.24) is 0 Å². The molecule has 0 unspecified atom stereocenters. The second-order valence-corrected chi connectivity index (χ2v) is 8.68. The SMILES string of the molecule is COc1cccc(C(=O)OCc2ccc3c(c2COC(=O)c2cccc(OC)c2)Cc2ccccc2-3)c1. The number of methoxy groups -OCH3 is 2. The van der Waals surface area contributed by atoms with Crippen molar-refractivity contribution in [3.8, 4) is 22.6 Å². The number of rotatable bonds is 8. The molecule has 1 aliphatic carbocycles. The monoisotopic (exact) mass is 494 g/mol. The van der Waals surface area contributed by atoms with Gasteiger partial charge in [-0.25, -0.2) is 9.59 Å². The van der Waals surface area contributed by atoms with E-state index < -0.39 is 11.9 Å². The van der Waals surface area contributed by atoms with Gasteiger partial charge in [0, 0.05) is 5.56 Å². The van der Waals surface area contributed by atoms with Crippen LogP contribution in [-0.4, -0.2) is 26.2 Å². The molecule has 0 N–H and O–H groups in total. The average Bonchev–Trinajstić information content (AvgIpc) is 3.33. The van der Waals surface area contributed by atoms with E-state index in [0.717, 1.165) is 34.2 Å². The third-order valence-corrected chi connectivity index (χ3v) is 6.52. The van der Waals surface area contributed by atoms with Crippen molar-refractivity contribution in [2.75, 3.05) is 14.2 Å². The van der Waals surface area contributed by atoms with Crippen LogP contribution < -0.4 is 9.47 Å². The molecule has 0 fully saturated rings. The molecule has 0 heterocycles. The summed E-state index contributed by atoms with van der Waals surface area (Å²) in [4.78, 5) is 25.6. The number of benzene rings is 4. The van der Waals surface area contributed by atoms with Crippen molar-refractivity contribution < 1.29 is 28.5 Å². The van der Waals surface area contributed by atoms with Crippen LogP contribution in [0.1, 0.15) is 43.0 Å². The Bertz CT molecular complexity index is 1470. The van der Waals surface area contributed by atoms with E-state index in [4.69, 9.17) is 18.9 Å². The predicted octanol–water partition coefficient (Wildman–Crippen LogP) is 5.99. The van der Waals surface area contributed by atoms with Gasteiger partial charge in [0.15, 0.2) is 0 Å². The van der Waals surface area contributed by atoms with Crippen molar-refractivity contribution >= 4 is 11.9 Å². The summed E-state index contributed by atoms with van der Waals surface area (Å²) in [6.45, 7) is 0.102. The number of carbonyl (C=O) groups excluding carboxylic acids is 2. The van der Waals surface area contributed by atoms with Crippen molar-refractivity contribution in [1.29, 1.82) is 0 Å². The number of carbonyl (C=O) groups is 2. The maximum absolute atomic E-state index is 12.9. The fraction of sp³-hybridized carbons (Fsp3) is 0.161. The van der Waals surface area contributed by atoms with Crippen molar-refractivity contribution in [2.24, 2.45) is 0 Å². The standard InChI is InChI=1S/C31H26O6/c1-34-24-10-5-8-21(15-24)30(32)36-18-23-13-14-27-26-12-4-3-7-20(26)17-28(27)29(23)19-37-31(33)22-9-6-11-25(16-22)35-2/h3-16H,17-19H2,1-2H3. The molecule has 5 rings (SSSR count). The molecule has 4 aromatic carbocycles. The first-order valence-corrected chi connectivity index (χ1v) is 11.9. The predicted molar refractivity (Wildman–Crippen MR) is 139 cm³/mol. The van der Waals surface area contributed by atoms with E-state index in [1.165, 1.54) is 5.56 Å². The van der Waals surface area contributed by atoms with Gasteiger partial charge in [-0.1, -0.05) is 48.5 Å². The Hall–Kier alpha value is -4.58. The summed E-state index contributed by atoms with van der Waals surface area (Å²) in [5.41, 5.74) is 7.01. The maximum atomic E-state index is 12.9. The van der Waals surface area contributed by atoms with E-state index >= 15 is 0 Å². The Morgan fingerprint density at radius 1 is 0.676 bits per heavy atom. The van der Waals surface area contributed by atoms with Gasteiger partial charge in [-0.3, -0.25) is 0 Å². The Morgan fingerprint density at radius 3 is 1.95 bits per heavy atom. The van der Waals surface area contributed by atoms with Gasteiger partial charge < -0.3 is 18.9 Å². The molecule has 0 aliphatic heterocycles. The summed E-state index contributed by atoms with van der Waals surface area (Å²) in [6, 6.07) is 25.9. The van der Waals surface area contributed by atoms with Gasteiger partial charge in [-0.15, -0.1) is 0 Å². The van der Waals surface area contributed by atoms with Crippen molar-refractivity contribution in [3.05, 3.63) is 118 Å². The Balaban J connectivity index is 1.41. The fourth-order valence-electron chi connectivity index (χ4n) is 4.59. The molecule has 0 saturated carbocycles. The van der Waals surface area contributed by atoms with Crippen LogP contribution in [0.5, 0.6) is 11.5 Å². The lowest BCUT2D eigenvalue weighted by Gasteiger charge is -2.16. The molecule has 6 nitrogen and oxygen atoms in total. The highest BCUT2D eigenvalue weighted by Gasteiger charge is 2.24. The summed E-state index contributed by atoms with van der Waals surface area (Å²) in [5, 5.41) is 0. The first kappa shape index (κ1) is 24.1. The van der Waals surface area contributed by atoms with Crippen LogP contribution in [0.15, 0.2) is 84.9 Å². The lowest BCUT2D eigenvalue weighted by molar-refractivity contribution is 0.0434. The third kappa shape index (κ3) is 5.05. The van der Waals surface area contributed by atoms with Gasteiger partial charge in [-0.2, -0.15) is 0 Å². The Morgan fingerprint density at radius 2 is 1.30 bits per heavy atom. The van der Waals surface area contributed by atoms with E-state index in [1.54, 1.807) is 62.8 Å². The van der Waals surface area contributed by atoms with E-state index in [-0.39, 0.29) is 13.2 Å². The zero-order valence-corrected chi connectivity index (χ0v) is 20.7. The van der Waals surface area contributed by atoms with Gasteiger partial charge in [-0.05, 0) is 70.6 Å². The Kier molecular flexibility index (Phi) is 6.90. The van der Waals surface area contributed by atoms with Crippen molar-refractivity contribution in [3.63, 3.8) is 0 Å². The number of fused-ring (bicyclic) bond motifs is 3. The molecule has 0 aromatic heterocycles. The van der Waals surface area contributed by atoms with E-state index in [9.17, 15) is 9.59 Å². The van der Waals surface area contributed by atoms with E-state index in [2.05, 4.69) is 12.1 Å². The summed E-state index contributed by atoms with van der Waals surface area (Å²) in [7, 11) is 3.10. The molecule has 0 amide bonds. The molecule has 0 saturated heterocycles. The van der Waals surface area contributed by atoms with Gasteiger partial charge >= 0.3 is 11.9 Å². The number of hydrogen-bond donors (Lipinski definition) is 0. The highest BCUT2D eigenvalue weighted by atomic mass is 16.5. The van der Waals surface area contributed by atoms with Gasteiger partial charge in [0.25, 0.3) is 0 Å². The molecule has 0 spiro atoms. The average molecular weight is 495 g/mol. The van der Waals surface area contributed by atoms with E-state index in [0.29, 0.717) is 22.6 Å². The van der Waals surface area contributed by atoms with Crippen molar-refractivity contribution in [2.45, 2.75) is 19.6 Å². The minimum atomic E-state index is -0.456. The largest absolute Gasteiger partial charge is 0.497 e. The van der Waals surface area contributed by atoms with Crippen LogP contribution in [-0.2, 0) is 29.1 Å². The van der Waals surface area contributed by atoms with E-state index in [1.807, 2.05) is 24.3 Å². The molecule has 4 aromatic rings. The first-order valence-electron chi connectivity index (χ1n) is 11.9. The molecule has 1 aliphatic rings. The lowest BCUT2D eigenvalue weighted by Crippen LogP contribution is -2.11. The molecule has 0 atom stereocenters. The topological polar surface area (TPSA) is 71.1 Å². The number of hydrogen-bond acceptors (Lipinski definition) is 6. The normalized spacial score (nSPS) is 11.3. The highest BCUT2D eigenvalue weighted by molar-refractivity contribution is 5.90. The van der Waals surface area contributed by atoms with Crippen LogP contribution >= 0.6 is 0 Å². The zero-order valence-electron chi connectivity index (χ0n) is 20.7. The Labute approximate surface area is 215 Å². The van der Waals surface area contributed by atoms with Gasteiger partial charge in [0.1, 0.15) is 24.7 Å². The molecule has 186 valence electrons. The minimum absolute atomic E-state index is 0.0473. The molecule has 0 bridgehead atoms. The minimum Gasteiger partial charge on any atom is -0.497 e. The molecule has 37 heavy (non-hydrogen) atoms. The zero-order chi connectivity index (χ0) is 25.8. The summed E-state index contributed by atoms with van der Waals surface area (Å²) in [6.07, 6.45) is 0.717.